The van der Waals surface area contributed by atoms with Gasteiger partial charge in [-0.2, -0.15) is 0 Å². The molecule has 1 aliphatic rings. The van der Waals surface area contributed by atoms with Crippen LogP contribution in [0.3, 0.4) is 0 Å². The summed E-state index contributed by atoms with van der Waals surface area (Å²) >= 11 is 1.77. The zero-order valence-corrected chi connectivity index (χ0v) is 21.3. The molecule has 1 saturated heterocycles. The largest absolute Gasteiger partial charge is 0.491 e. The van der Waals surface area contributed by atoms with Gasteiger partial charge in [-0.1, -0.05) is 24.6 Å². The molecular formula is C25H31N7O2S. The van der Waals surface area contributed by atoms with E-state index in [1.807, 2.05) is 30.0 Å². The molecule has 5 rings (SSSR count). The van der Waals surface area contributed by atoms with Crippen molar-refractivity contribution in [3.8, 4) is 5.75 Å². The third-order valence-corrected chi connectivity index (χ3v) is 7.48. The lowest BCUT2D eigenvalue weighted by molar-refractivity contribution is -0.132. The number of aryl methyl sites for hydroxylation is 2. The molecule has 0 bridgehead atoms. The second-order valence-corrected chi connectivity index (χ2v) is 10.2. The molecule has 9 nitrogen and oxygen atoms in total. The summed E-state index contributed by atoms with van der Waals surface area (Å²) < 4.78 is 5.87. The number of thiophene rings is 1. The van der Waals surface area contributed by atoms with Crippen molar-refractivity contribution >= 4 is 44.3 Å². The first-order valence-electron chi connectivity index (χ1n) is 12.3. The zero-order valence-electron chi connectivity index (χ0n) is 20.5. The second-order valence-electron chi connectivity index (χ2n) is 9.07. The summed E-state index contributed by atoms with van der Waals surface area (Å²) in [6.45, 7) is 8.93. The number of nitrogens with one attached hydrogen (secondary N) is 1. The quantitative estimate of drug-likeness (QED) is 0.369. The van der Waals surface area contributed by atoms with Crippen molar-refractivity contribution in [1.82, 2.24) is 30.3 Å². The number of hydrogen-bond acceptors (Lipinski definition) is 8. The Morgan fingerprint density at radius 1 is 1.29 bits per heavy atom. The molecule has 3 aromatic heterocycles. The van der Waals surface area contributed by atoms with E-state index in [4.69, 9.17) is 9.72 Å². The summed E-state index contributed by atoms with van der Waals surface area (Å²) in [5, 5.41) is 11.9. The van der Waals surface area contributed by atoms with E-state index < -0.39 is 0 Å². The molecule has 1 amide bonds. The molecular weight excluding hydrogens is 462 g/mol. The number of piperazine rings is 1. The fourth-order valence-electron chi connectivity index (χ4n) is 4.67. The fraction of sp³-hybridized carbons (Fsp3) is 0.480. The van der Waals surface area contributed by atoms with Gasteiger partial charge >= 0.3 is 0 Å². The molecule has 184 valence electrons. The van der Waals surface area contributed by atoms with Crippen LogP contribution in [-0.2, 0) is 11.2 Å². The molecule has 0 unspecified atom stereocenters. The van der Waals surface area contributed by atoms with E-state index in [1.165, 1.54) is 4.88 Å². The number of H-pyrrole nitrogens is 1. The van der Waals surface area contributed by atoms with Gasteiger partial charge in [-0.05, 0) is 44.9 Å². The summed E-state index contributed by atoms with van der Waals surface area (Å²) in [4.78, 5) is 29.1. The average molecular weight is 494 g/mol. The van der Waals surface area contributed by atoms with E-state index in [0.29, 0.717) is 43.8 Å². The number of carbonyl (C=O) groups is 1. The van der Waals surface area contributed by atoms with Crippen LogP contribution in [0.2, 0.25) is 0 Å². The van der Waals surface area contributed by atoms with E-state index in [-0.39, 0.29) is 11.9 Å². The third kappa shape index (κ3) is 4.93. The topological polar surface area (TPSA) is 100 Å². The lowest BCUT2D eigenvalue weighted by Gasteiger charge is -2.41. The van der Waals surface area contributed by atoms with Crippen LogP contribution in [0.1, 0.15) is 43.8 Å². The normalized spacial score (nSPS) is 16.4. The molecule has 0 aliphatic carbocycles. The highest BCUT2D eigenvalue weighted by molar-refractivity contribution is 7.18. The number of fused-ring (bicyclic) bond motifs is 2. The van der Waals surface area contributed by atoms with E-state index in [9.17, 15) is 4.79 Å². The van der Waals surface area contributed by atoms with Crippen molar-refractivity contribution in [2.75, 3.05) is 31.1 Å². The monoisotopic (exact) mass is 493 g/mol. The van der Waals surface area contributed by atoms with Crippen LogP contribution < -0.4 is 9.64 Å². The highest BCUT2D eigenvalue weighted by Gasteiger charge is 2.29. The highest BCUT2D eigenvalue weighted by Crippen LogP contribution is 2.33. The molecule has 0 radical (unpaired) electrons. The zero-order chi connectivity index (χ0) is 24.4. The number of nitrogens with zero attached hydrogens (tertiary/aromatic N) is 6. The summed E-state index contributed by atoms with van der Waals surface area (Å²) in [5.41, 5.74) is 1.55. The Balaban J connectivity index is 1.17. The van der Waals surface area contributed by atoms with Crippen molar-refractivity contribution in [1.29, 1.82) is 0 Å². The fourth-order valence-corrected chi connectivity index (χ4v) is 5.84. The predicted octanol–water partition coefficient (Wildman–Crippen LogP) is 4.12. The van der Waals surface area contributed by atoms with E-state index in [2.05, 4.69) is 45.2 Å². The molecule has 1 atom stereocenters. The Bertz CT molecular complexity index is 1330. The Morgan fingerprint density at radius 3 is 3.00 bits per heavy atom. The number of benzene rings is 1. The van der Waals surface area contributed by atoms with Crippen molar-refractivity contribution in [3.05, 3.63) is 35.0 Å². The molecule has 10 heteroatoms. The molecule has 1 fully saturated rings. The number of anilines is 1. The summed E-state index contributed by atoms with van der Waals surface area (Å²) in [7, 11) is 0. The maximum atomic E-state index is 12.9. The van der Waals surface area contributed by atoms with E-state index in [0.717, 1.165) is 46.8 Å². The number of aromatic amines is 1. The second kappa shape index (κ2) is 10.2. The Morgan fingerprint density at radius 2 is 2.17 bits per heavy atom. The molecule has 0 saturated carbocycles. The number of hydrogen-bond donors (Lipinski definition) is 1. The molecule has 4 heterocycles. The average Bonchev–Trinajstić information content (AvgIpc) is 3.48. The first kappa shape index (κ1) is 23.5. The lowest BCUT2D eigenvalue weighted by Crippen LogP contribution is -2.54. The van der Waals surface area contributed by atoms with Crippen LogP contribution in [0.15, 0.2) is 24.3 Å². The van der Waals surface area contributed by atoms with Gasteiger partial charge < -0.3 is 14.5 Å². The molecule has 4 aromatic rings. The minimum atomic E-state index is 0.171. The smallest absolute Gasteiger partial charge is 0.222 e. The predicted molar refractivity (Wildman–Crippen MR) is 138 cm³/mol. The van der Waals surface area contributed by atoms with Crippen molar-refractivity contribution in [3.63, 3.8) is 0 Å². The number of amides is 1. The van der Waals surface area contributed by atoms with Gasteiger partial charge in [0.15, 0.2) is 5.52 Å². The van der Waals surface area contributed by atoms with Crippen LogP contribution >= 0.6 is 11.3 Å². The van der Waals surface area contributed by atoms with Crippen LogP contribution in [-0.4, -0.2) is 68.5 Å². The van der Waals surface area contributed by atoms with E-state index >= 15 is 0 Å². The van der Waals surface area contributed by atoms with Gasteiger partial charge in [-0.25, -0.2) is 9.97 Å². The Kier molecular flexibility index (Phi) is 6.81. The van der Waals surface area contributed by atoms with Gasteiger partial charge in [0.2, 0.25) is 5.91 Å². The van der Waals surface area contributed by atoms with Crippen molar-refractivity contribution < 1.29 is 9.53 Å². The van der Waals surface area contributed by atoms with Crippen LogP contribution in [0, 0.1) is 6.92 Å². The minimum Gasteiger partial charge on any atom is -0.491 e. The maximum Gasteiger partial charge on any atom is 0.222 e. The van der Waals surface area contributed by atoms with Gasteiger partial charge in [0.1, 0.15) is 22.2 Å². The Hall–Kier alpha value is -3.27. The number of aromatic nitrogens is 5. The Labute approximate surface area is 208 Å². The first-order chi connectivity index (χ1) is 17.0. The van der Waals surface area contributed by atoms with Gasteiger partial charge in [0.25, 0.3) is 0 Å². The number of ether oxygens (including phenoxy) is 1. The first-order valence-corrected chi connectivity index (χ1v) is 13.1. The van der Waals surface area contributed by atoms with Crippen LogP contribution in [0.5, 0.6) is 5.75 Å². The van der Waals surface area contributed by atoms with Crippen LogP contribution in [0.4, 0.5) is 5.82 Å². The number of carbonyl (C=O) groups excluding carboxylic acids is 1. The molecule has 0 spiro atoms. The standard InChI is InChI=1S/C25H31N7O2S/c1-4-7-18-14-19-24(26-17(3)27-25(19)35-18)32-12-11-31(15-16(32)2)22(33)10-6-13-34-21-9-5-8-20-23(21)29-30-28-20/h5,8-9,14,16H,4,6-7,10-13,15H2,1-3H3,(H,28,29,30)/t16-/m0/s1. The molecule has 1 aliphatic heterocycles. The summed E-state index contributed by atoms with van der Waals surface area (Å²) in [6.07, 6.45) is 3.30. The third-order valence-electron chi connectivity index (χ3n) is 6.40. The highest BCUT2D eigenvalue weighted by atomic mass is 32.1. The van der Waals surface area contributed by atoms with Gasteiger partial charge in [0.05, 0.1) is 17.5 Å². The summed E-state index contributed by atoms with van der Waals surface area (Å²) in [6, 6.07) is 8.11. The molecule has 35 heavy (non-hydrogen) atoms. The SMILES string of the molecule is CCCc1cc2c(N3CCN(C(=O)CCCOc4cccc5[nH]nnc45)C[C@@H]3C)nc(C)nc2s1. The van der Waals surface area contributed by atoms with Crippen LogP contribution in [0.25, 0.3) is 21.3 Å². The van der Waals surface area contributed by atoms with Crippen molar-refractivity contribution in [2.45, 2.75) is 52.5 Å². The van der Waals surface area contributed by atoms with Gasteiger partial charge in [-0.15, -0.1) is 16.4 Å². The lowest BCUT2D eigenvalue weighted by atomic mass is 10.1. The van der Waals surface area contributed by atoms with Crippen molar-refractivity contribution in [2.24, 2.45) is 0 Å². The number of rotatable bonds is 8. The molecule has 1 aromatic carbocycles. The summed E-state index contributed by atoms with van der Waals surface area (Å²) in [5.74, 6) is 2.66. The maximum absolute atomic E-state index is 12.9. The van der Waals surface area contributed by atoms with E-state index in [1.54, 1.807) is 11.3 Å². The minimum absolute atomic E-state index is 0.171. The van der Waals surface area contributed by atoms with Gasteiger partial charge in [-0.3, -0.25) is 9.89 Å². The molecule has 1 N–H and O–H groups in total. The van der Waals surface area contributed by atoms with Gasteiger partial charge in [0, 0.05) is 37.0 Å².